The minimum Gasteiger partial charge on any atom is -0.376 e. The maximum atomic E-state index is 10.8. The topological polar surface area (TPSA) is 55.4 Å². The molecule has 0 atom stereocenters. The number of esters is 1. The summed E-state index contributed by atoms with van der Waals surface area (Å²) in [7, 11) is 0. The molecule has 0 aromatic carbocycles. The van der Waals surface area contributed by atoms with E-state index in [-0.39, 0.29) is 0 Å². The van der Waals surface area contributed by atoms with E-state index in [0.717, 1.165) is 12.8 Å². The molecular formula is C8H15NO3. The number of alkyl carbamates (subject to hydrolysis) is 1. The van der Waals surface area contributed by atoms with Crippen LogP contribution in [0.3, 0.4) is 0 Å². The van der Waals surface area contributed by atoms with Crippen molar-refractivity contribution in [2.75, 3.05) is 6.54 Å². The van der Waals surface area contributed by atoms with Crippen molar-refractivity contribution in [3.63, 3.8) is 0 Å². The molecule has 4 heteroatoms. The Bertz CT molecular complexity index is 156. The van der Waals surface area contributed by atoms with Crippen molar-refractivity contribution < 1.29 is 14.3 Å². The molecule has 0 fully saturated rings. The van der Waals surface area contributed by atoms with E-state index in [9.17, 15) is 9.59 Å². The number of amides is 1. The zero-order valence-corrected chi connectivity index (χ0v) is 7.55. The Morgan fingerprint density at radius 1 is 1.33 bits per heavy atom. The number of rotatable bonds is 4. The number of carbonyl (C=O) groups excluding carboxylic acids is 2. The van der Waals surface area contributed by atoms with Gasteiger partial charge in [0, 0.05) is 13.0 Å². The minimum absolute atomic E-state index is 0.313. The van der Waals surface area contributed by atoms with E-state index in [0.29, 0.717) is 13.0 Å². The molecule has 0 rings (SSSR count). The summed E-state index contributed by atoms with van der Waals surface area (Å²) < 4.78 is 4.40. The van der Waals surface area contributed by atoms with E-state index < -0.39 is 12.1 Å². The first-order chi connectivity index (χ1) is 5.70. The SMILES string of the molecule is CCCCC(=O)OC(=O)NCC. The highest BCUT2D eigenvalue weighted by atomic mass is 16.6. The Morgan fingerprint density at radius 3 is 2.50 bits per heavy atom. The lowest BCUT2D eigenvalue weighted by molar-refractivity contribution is -0.137. The number of carbonyl (C=O) groups is 2. The average Bonchev–Trinajstić information content (AvgIpc) is 2.01. The monoisotopic (exact) mass is 173 g/mol. The lowest BCUT2D eigenvalue weighted by atomic mass is 10.3. The van der Waals surface area contributed by atoms with E-state index >= 15 is 0 Å². The van der Waals surface area contributed by atoms with Gasteiger partial charge in [-0.25, -0.2) is 4.79 Å². The van der Waals surface area contributed by atoms with Crippen LogP contribution in [0, 0.1) is 0 Å². The third-order valence-corrected chi connectivity index (χ3v) is 1.26. The van der Waals surface area contributed by atoms with Gasteiger partial charge in [-0.3, -0.25) is 4.79 Å². The second-order valence-electron chi connectivity index (χ2n) is 2.40. The van der Waals surface area contributed by atoms with Crippen LogP contribution in [-0.4, -0.2) is 18.6 Å². The molecule has 0 saturated carbocycles. The number of hydrogen-bond donors (Lipinski definition) is 1. The lowest BCUT2D eigenvalue weighted by Crippen LogP contribution is -2.26. The van der Waals surface area contributed by atoms with E-state index in [1.165, 1.54) is 0 Å². The van der Waals surface area contributed by atoms with E-state index in [4.69, 9.17) is 0 Å². The van der Waals surface area contributed by atoms with Gasteiger partial charge in [-0.05, 0) is 13.3 Å². The molecule has 0 aliphatic heterocycles. The fraction of sp³-hybridized carbons (Fsp3) is 0.750. The molecule has 0 aromatic rings. The summed E-state index contributed by atoms with van der Waals surface area (Å²) in [6, 6.07) is 0. The van der Waals surface area contributed by atoms with Crippen LogP contribution in [0.2, 0.25) is 0 Å². The van der Waals surface area contributed by atoms with Gasteiger partial charge in [-0.1, -0.05) is 13.3 Å². The standard InChI is InChI=1S/C8H15NO3/c1-3-5-6-7(10)12-8(11)9-4-2/h3-6H2,1-2H3,(H,9,11). The molecule has 0 unspecified atom stereocenters. The number of ether oxygens (including phenoxy) is 1. The normalized spacial score (nSPS) is 9.17. The third kappa shape index (κ3) is 5.70. The number of nitrogens with one attached hydrogen (secondary N) is 1. The van der Waals surface area contributed by atoms with Crippen molar-refractivity contribution in [1.29, 1.82) is 0 Å². The molecule has 1 N–H and O–H groups in total. The molecule has 0 saturated heterocycles. The summed E-state index contributed by atoms with van der Waals surface area (Å²) in [6.45, 7) is 4.21. The summed E-state index contributed by atoms with van der Waals surface area (Å²) in [6.07, 6.45) is 1.34. The van der Waals surface area contributed by atoms with Gasteiger partial charge in [-0.15, -0.1) is 0 Å². The van der Waals surface area contributed by atoms with Crippen molar-refractivity contribution in [2.45, 2.75) is 33.1 Å². The first-order valence-corrected chi connectivity index (χ1v) is 4.19. The van der Waals surface area contributed by atoms with E-state index in [1.807, 2.05) is 6.92 Å². The quantitative estimate of drug-likeness (QED) is 0.517. The molecule has 70 valence electrons. The summed E-state index contributed by atoms with van der Waals surface area (Å²) in [5.74, 6) is -0.456. The van der Waals surface area contributed by atoms with Crippen LogP contribution in [0.15, 0.2) is 0 Å². The van der Waals surface area contributed by atoms with Crippen molar-refractivity contribution in [2.24, 2.45) is 0 Å². The maximum absolute atomic E-state index is 10.8. The minimum atomic E-state index is -0.654. The van der Waals surface area contributed by atoms with Gasteiger partial charge in [0.1, 0.15) is 0 Å². The van der Waals surface area contributed by atoms with Crippen LogP contribution in [0.4, 0.5) is 4.79 Å². The molecule has 0 aliphatic rings. The van der Waals surface area contributed by atoms with Gasteiger partial charge in [-0.2, -0.15) is 0 Å². The molecule has 0 aliphatic carbocycles. The predicted octanol–water partition coefficient (Wildman–Crippen LogP) is 1.45. The van der Waals surface area contributed by atoms with Crippen LogP contribution in [-0.2, 0) is 9.53 Å². The van der Waals surface area contributed by atoms with Crippen LogP contribution in [0.1, 0.15) is 33.1 Å². The van der Waals surface area contributed by atoms with Gasteiger partial charge in [0.2, 0.25) is 0 Å². The third-order valence-electron chi connectivity index (χ3n) is 1.26. The molecule has 0 heterocycles. The molecule has 0 spiro atoms. The molecule has 12 heavy (non-hydrogen) atoms. The highest BCUT2D eigenvalue weighted by Crippen LogP contribution is 1.96. The fourth-order valence-electron chi connectivity index (χ4n) is 0.656. The summed E-state index contributed by atoms with van der Waals surface area (Å²) >= 11 is 0. The zero-order valence-electron chi connectivity index (χ0n) is 7.55. The lowest BCUT2D eigenvalue weighted by Gasteiger charge is -2.01. The van der Waals surface area contributed by atoms with E-state index in [2.05, 4.69) is 10.1 Å². The van der Waals surface area contributed by atoms with Crippen molar-refractivity contribution in [1.82, 2.24) is 5.32 Å². The molecule has 0 radical (unpaired) electrons. The molecular weight excluding hydrogens is 158 g/mol. The Hall–Kier alpha value is -1.06. The Morgan fingerprint density at radius 2 is 2.00 bits per heavy atom. The first kappa shape index (κ1) is 10.9. The van der Waals surface area contributed by atoms with Crippen molar-refractivity contribution in [3.05, 3.63) is 0 Å². The average molecular weight is 173 g/mol. The van der Waals surface area contributed by atoms with Gasteiger partial charge < -0.3 is 10.1 Å². The number of unbranched alkanes of at least 4 members (excludes halogenated alkanes) is 1. The fourth-order valence-corrected chi connectivity index (χ4v) is 0.656. The highest BCUT2D eigenvalue weighted by molar-refractivity contribution is 5.84. The van der Waals surface area contributed by atoms with Gasteiger partial charge >= 0.3 is 12.1 Å². The molecule has 0 bridgehead atoms. The predicted molar refractivity (Wildman–Crippen MR) is 44.7 cm³/mol. The van der Waals surface area contributed by atoms with Crippen molar-refractivity contribution in [3.8, 4) is 0 Å². The molecule has 4 nitrogen and oxygen atoms in total. The largest absolute Gasteiger partial charge is 0.414 e. The summed E-state index contributed by atoms with van der Waals surface area (Å²) in [4.78, 5) is 21.5. The van der Waals surface area contributed by atoms with Crippen LogP contribution in [0.5, 0.6) is 0 Å². The Labute approximate surface area is 72.3 Å². The van der Waals surface area contributed by atoms with Crippen LogP contribution in [0.25, 0.3) is 0 Å². The summed E-state index contributed by atoms with van der Waals surface area (Å²) in [5.41, 5.74) is 0. The Balaban J connectivity index is 3.47. The molecule has 1 amide bonds. The Kier molecular flexibility index (Phi) is 6.05. The molecule has 0 aromatic heterocycles. The van der Waals surface area contributed by atoms with Crippen LogP contribution >= 0.6 is 0 Å². The second kappa shape index (κ2) is 6.64. The highest BCUT2D eigenvalue weighted by Gasteiger charge is 2.07. The maximum Gasteiger partial charge on any atom is 0.414 e. The van der Waals surface area contributed by atoms with Crippen LogP contribution < -0.4 is 5.32 Å². The van der Waals surface area contributed by atoms with E-state index in [1.54, 1.807) is 6.92 Å². The smallest absolute Gasteiger partial charge is 0.376 e. The number of hydrogen-bond acceptors (Lipinski definition) is 3. The first-order valence-electron chi connectivity index (χ1n) is 4.19. The second-order valence-corrected chi connectivity index (χ2v) is 2.40. The van der Waals surface area contributed by atoms with Gasteiger partial charge in [0.05, 0.1) is 0 Å². The van der Waals surface area contributed by atoms with Gasteiger partial charge in [0.15, 0.2) is 0 Å². The zero-order chi connectivity index (χ0) is 9.40. The van der Waals surface area contributed by atoms with Crippen molar-refractivity contribution >= 4 is 12.1 Å². The summed E-state index contributed by atoms with van der Waals surface area (Å²) in [5, 5.41) is 2.37. The van der Waals surface area contributed by atoms with Gasteiger partial charge in [0.25, 0.3) is 0 Å².